The third kappa shape index (κ3) is 4.40. The van der Waals surface area contributed by atoms with Gasteiger partial charge in [0.15, 0.2) is 5.82 Å². The molecule has 1 fully saturated rings. The molecule has 0 spiro atoms. The van der Waals surface area contributed by atoms with Crippen LogP contribution in [0, 0.1) is 0 Å². The smallest absolute Gasteiger partial charge is 0.349 e. The average Bonchev–Trinajstić information content (AvgIpc) is 3.32. The van der Waals surface area contributed by atoms with Crippen LogP contribution < -0.4 is 10.4 Å². The Morgan fingerprint density at radius 3 is 2.59 bits per heavy atom. The highest BCUT2D eigenvalue weighted by Crippen LogP contribution is 2.18. The third-order valence-corrected chi connectivity index (χ3v) is 5.82. The first-order valence-electron chi connectivity index (χ1n) is 11.2. The molecular weight excluding hydrogens is 436 g/mol. The van der Waals surface area contributed by atoms with E-state index in [2.05, 4.69) is 20.4 Å². The predicted octanol–water partition coefficient (Wildman–Crippen LogP) is 2.13. The minimum Gasteiger partial charge on any atom is -0.494 e. The highest BCUT2D eigenvalue weighted by molar-refractivity contribution is 5.96. The number of aromatic nitrogens is 4. The molecule has 4 aromatic rings. The lowest BCUT2D eigenvalue weighted by Gasteiger charge is -2.34. The summed E-state index contributed by atoms with van der Waals surface area (Å²) < 4.78 is 12.5. The van der Waals surface area contributed by atoms with Gasteiger partial charge in [0.05, 0.1) is 18.8 Å². The number of carbonyl (C=O) groups excluding carboxylic acids is 1. The second kappa shape index (κ2) is 9.44. The van der Waals surface area contributed by atoms with Crippen molar-refractivity contribution in [3.05, 3.63) is 76.4 Å². The topological polar surface area (TPSA) is 107 Å². The van der Waals surface area contributed by atoms with E-state index in [0.717, 1.165) is 16.8 Å². The standard InChI is InChI=1S/C24H24N6O4/c1-2-33-19-9-7-18(8-10-19)30-22(25-26-27-30)16-28-11-13-29(14-12-28)23(31)20-15-17-5-3-4-6-21(17)34-24(20)32/h3-10,15H,2,11-14,16H2,1H3. The molecule has 2 aromatic carbocycles. The molecule has 1 saturated heterocycles. The van der Waals surface area contributed by atoms with Crippen molar-refractivity contribution >= 4 is 16.9 Å². The van der Waals surface area contributed by atoms with E-state index in [1.54, 1.807) is 27.8 Å². The van der Waals surface area contributed by atoms with E-state index in [1.165, 1.54) is 0 Å². The Morgan fingerprint density at radius 1 is 1.06 bits per heavy atom. The number of nitrogens with zero attached hydrogens (tertiary/aromatic N) is 6. The molecule has 0 atom stereocenters. The lowest BCUT2D eigenvalue weighted by atomic mass is 10.1. The monoisotopic (exact) mass is 460 g/mol. The number of tetrazole rings is 1. The summed E-state index contributed by atoms with van der Waals surface area (Å²) >= 11 is 0. The van der Waals surface area contributed by atoms with Gasteiger partial charge in [-0.05, 0) is 53.7 Å². The number of hydrogen-bond acceptors (Lipinski definition) is 8. The van der Waals surface area contributed by atoms with Gasteiger partial charge in [0.1, 0.15) is 16.9 Å². The molecule has 0 radical (unpaired) electrons. The van der Waals surface area contributed by atoms with E-state index in [9.17, 15) is 9.59 Å². The second-order valence-electron chi connectivity index (χ2n) is 7.99. The van der Waals surface area contributed by atoms with Crippen LogP contribution in [-0.2, 0) is 6.54 Å². The number of hydrogen-bond donors (Lipinski definition) is 0. The summed E-state index contributed by atoms with van der Waals surface area (Å²) in [7, 11) is 0. The van der Waals surface area contributed by atoms with Crippen LogP contribution in [0.4, 0.5) is 0 Å². The highest BCUT2D eigenvalue weighted by atomic mass is 16.5. The van der Waals surface area contributed by atoms with Crippen LogP contribution in [0.3, 0.4) is 0 Å². The summed E-state index contributed by atoms with van der Waals surface area (Å²) in [6.07, 6.45) is 0. The van der Waals surface area contributed by atoms with E-state index in [4.69, 9.17) is 9.15 Å². The number of fused-ring (bicyclic) bond motifs is 1. The molecule has 0 saturated carbocycles. The van der Waals surface area contributed by atoms with Gasteiger partial charge in [0, 0.05) is 31.6 Å². The maximum atomic E-state index is 13.0. The zero-order chi connectivity index (χ0) is 23.5. The number of amides is 1. The van der Waals surface area contributed by atoms with Crippen molar-refractivity contribution in [3.8, 4) is 11.4 Å². The zero-order valence-electron chi connectivity index (χ0n) is 18.8. The molecule has 1 aliphatic rings. The SMILES string of the molecule is CCOc1ccc(-n2nnnc2CN2CCN(C(=O)c3cc4ccccc4oc3=O)CC2)cc1. The first-order valence-corrected chi connectivity index (χ1v) is 11.2. The molecule has 0 bridgehead atoms. The summed E-state index contributed by atoms with van der Waals surface area (Å²) in [6.45, 7) is 5.36. The van der Waals surface area contributed by atoms with Crippen LogP contribution in [0.25, 0.3) is 16.7 Å². The summed E-state index contributed by atoms with van der Waals surface area (Å²) in [6, 6.07) is 16.4. The van der Waals surface area contributed by atoms with Gasteiger partial charge >= 0.3 is 5.63 Å². The quantitative estimate of drug-likeness (QED) is 0.403. The van der Waals surface area contributed by atoms with Gasteiger partial charge in [-0.3, -0.25) is 9.69 Å². The van der Waals surface area contributed by atoms with Crippen molar-refractivity contribution in [1.82, 2.24) is 30.0 Å². The van der Waals surface area contributed by atoms with Gasteiger partial charge in [-0.2, -0.15) is 4.68 Å². The Hall–Kier alpha value is -4.05. The fraction of sp³-hybridized carbons (Fsp3) is 0.292. The van der Waals surface area contributed by atoms with Crippen LogP contribution in [0.5, 0.6) is 5.75 Å². The Morgan fingerprint density at radius 2 is 1.82 bits per heavy atom. The van der Waals surface area contributed by atoms with Gasteiger partial charge in [-0.25, -0.2) is 4.79 Å². The van der Waals surface area contributed by atoms with Crippen molar-refractivity contribution in [2.75, 3.05) is 32.8 Å². The second-order valence-corrected chi connectivity index (χ2v) is 7.99. The first-order chi connectivity index (χ1) is 16.6. The van der Waals surface area contributed by atoms with Crippen LogP contribution in [0.2, 0.25) is 0 Å². The fourth-order valence-corrected chi connectivity index (χ4v) is 4.05. The van der Waals surface area contributed by atoms with E-state index >= 15 is 0 Å². The summed E-state index contributed by atoms with van der Waals surface area (Å²) in [4.78, 5) is 29.2. The maximum Gasteiger partial charge on any atom is 0.349 e. The third-order valence-electron chi connectivity index (χ3n) is 5.82. The molecule has 0 aliphatic carbocycles. The highest BCUT2D eigenvalue weighted by Gasteiger charge is 2.26. The van der Waals surface area contributed by atoms with E-state index in [1.807, 2.05) is 43.3 Å². The predicted molar refractivity (Wildman–Crippen MR) is 124 cm³/mol. The molecule has 3 heterocycles. The first kappa shape index (κ1) is 21.8. The Kier molecular flexibility index (Phi) is 6.05. The molecule has 0 unspecified atom stereocenters. The average molecular weight is 460 g/mol. The molecule has 0 N–H and O–H groups in total. The lowest BCUT2D eigenvalue weighted by Crippen LogP contribution is -2.49. The summed E-state index contributed by atoms with van der Waals surface area (Å²) in [5, 5.41) is 12.9. The largest absolute Gasteiger partial charge is 0.494 e. The molecule has 1 aliphatic heterocycles. The van der Waals surface area contributed by atoms with E-state index in [-0.39, 0.29) is 11.5 Å². The van der Waals surface area contributed by atoms with Crippen LogP contribution in [0.1, 0.15) is 23.1 Å². The molecule has 5 rings (SSSR count). The number of rotatable bonds is 6. The van der Waals surface area contributed by atoms with Crippen molar-refractivity contribution in [2.45, 2.75) is 13.5 Å². The van der Waals surface area contributed by atoms with Crippen molar-refractivity contribution < 1.29 is 13.9 Å². The summed E-state index contributed by atoms with van der Waals surface area (Å²) in [5.41, 5.74) is 0.770. The Balaban J connectivity index is 1.24. The molecule has 34 heavy (non-hydrogen) atoms. The van der Waals surface area contributed by atoms with Gasteiger partial charge in [0.2, 0.25) is 0 Å². The number of benzene rings is 2. The Bertz CT molecular complexity index is 1360. The number of piperazine rings is 1. The van der Waals surface area contributed by atoms with Crippen LogP contribution in [-0.4, -0.2) is 68.7 Å². The molecule has 10 nitrogen and oxygen atoms in total. The van der Waals surface area contributed by atoms with E-state index in [0.29, 0.717) is 50.7 Å². The Labute approximate surface area is 195 Å². The molecule has 10 heteroatoms. The number of carbonyl (C=O) groups is 1. The van der Waals surface area contributed by atoms with Crippen molar-refractivity contribution in [2.24, 2.45) is 0 Å². The van der Waals surface area contributed by atoms with Gasteiger partial charge in [0.25, 0.3) is 5.91 Å². The summed E-state index contributed by atoms with van der Waals surface area (Å²) in [5.74, 6) is 1.19. The minimum atomic E-state index is -0.610. The molecule has 174 valence electrons. The van der Waals surface area contributed by atoms with Crippen molar-refractivity contribution in [1.29, 1.82) is 0 Å². The maximum absolute atomic E-state index is 13.0. The van der Waals surface area contributed by atoms with Gasteiger partial charge < -0.3 is 14.1 Å². The molecule has 2 aromatic heterocycles. The molecule has 1 amide bonds. The lowest BCUT2D eigenvalue weighted by molar-refractivity contribution is 0.0620. The van der Waals surface area contributed by atoms with Crippen LogP contribution >= 0.6 is 0 Å². The number of para-hydroxylation sites is 1. The van der Waals surface area contributed by atoms with Gasteiger partial charge in [-0.1, -0.05) is 18.2 Å². The number of ether oxygens (including phenoxy) is 1. The normalized spacial score (nSPS) is 14.4. The zero-order valence-corrected chi connectivity index (χ0v) is 18.8. The minimum absolute atomic E-state index is 0.0617. The fourth-order valence-electron chi connectivity index (χ4n) is 4.05. The molecular formula is C24H24N6O4. The van der Waals surface area contributed by atoms with Crippen molar-refractivity contribution in [3.63, 3.8) is 0 Å². The van der Waals surface area contributed by atoms with Gasteiger partial charge in [-0.15, -0.1) is 5.10 Å². The van der Waals surface area contributed by atoms with Crippen LogP contribution in [0.15, 0.2) is 63.8 Å². The van der Waals surface area contributed by atoms with E-state index < -0.39 is 5.63 Å².